The Morgan fingerprint density at radius 1 is 1.26 bits per heavy atom. The van der Waals surface area contributed by atoms with E-state index < -0.39 is 11.1 Å². The van der Waals surface area contributed by atoms with Gasteiger partial charge in [-0.25, -0.2) is 9.38 Å². The number of ether oxygens (including phenoxy) is 1. The number of halogens is 1. The van der Waals surface area contributed by atoms with Crippen LogP contribution in [0.1, 0.15) is 31.4 Å². The van der Waals surface area contributed by atoms with E-state index in [0.717, 1.165) is 0 Å². The molecule has 0 bridgehead atoms. The van der Waals surface area contributed by atoms with Crippen molar-refractivity contribution in [1.82, 2.24) is 4.90 Å². The van der Waals surface area contributed by atoms with Gasteiger partial charge in [-0.05, 0) is 44.0 Å². The second-order valence-electron chi connectivity index (χ2n) is 7.88. The number of nitrogens with two attached hydrogens (primary N) is 1. The first kappa shape index (κ1) is 17.5. The molecule has 0 saturated carbocycles. The number of carbonyl (C=O) groups is 1. The van der Waals surface area contributed by atoms with Gasteiger partial charge in [-0.1, -0.05) is 24.3 Å². The Kier molecular flexibility index (Phi) is 3.60. The average Bonchev–Trinajstić information content (AvgIpc) is 2.81. The summed E-state index contributed by atoms with van der Waals surface area (Å²) >= 11 is 0. The molecular formula is C21H22FN3O2. The summed E-state index contributed by atoms with van der Waals surface area (Å²) in [5.41, 5.74) is 6.57. The molecule has 2 N–H and O–H groups in total. The van der Waals surface area contributed by atoms with Gasteiger partial charge in [0.25, 0.3) is 5.91 Å². The second-order valence-corrected chi connectivity index (χ2v) is 7.88. The zero-order valence-corrected chi connectivity index (χ0v) is 15.8. The molecule has 0 fully saturated rings. The molecule has 1 amide bonds. The molecule has 1 unspecified atom stereocenters. The van der Waals surface area contributed by atoms with Crippen LogP contribution in [0.2, 0.25) is 0 Å². The smallest absolute Gasteiger partial charge is 0.261 e. The molecule has 4 rings (SSSR count). The number of carbonyl (C=O) groups excluding carboxylic acids is 1. The minimum atomic E-state index is -1.15. The van der Waals surface area contributed by atoms with E-state index >= 15 is 0 Å². The number of nitrogens with zero attached hydrogens (tertiary/aromatic N) is 2. The van der Waals surface area contributed by atoms with Crippen LogP contribution < -0.4 is 10.5 Å². The first-order valence-electron chi connectivity index (χ1n) is 8.87. The molecule has 2 aromatic rings. The van der Waals surface area contributed by atoms with Gasteiger partial charge >= 0.3 is 0 Å². The Morgan fingerprint density at radius 2 is 2.00 bits per heavy atom. The third kappa shape index (κ3) is 2.51. The van der Waals surface area contributed by atoms with Crippen molar-refractivity contribution in [2.45, 2.75) is 38.3 Å². The predicted octanol–water partition coefficient (Wildman–Crippen LogP) is 3.34. The Morgan fingerprint density at radius 3 is 2.67 bits per heavy atom. The number of likely N-dealkylation sites (N-methyl/N-ethyl adjacent to an activating group) is 1. The highest BCUT2D eigenvalue weighted by Crippen LogP contribution is 2.49. The molecule has 0 saturated heterocycles. The third-order valence-electron chi connectivity index (χ3n) is 5.30. The van der Waals surface area contributed by atoms with Crippen molar-refractivity contribution < 1.29 is 13.9 Å². The fourth-order valence-corrected chi connectivity index (χ4v) is 4.02. The lowest BCUT2D eigenvalue weighted by Gasteiger charge is -2.41. The van der Waals surface area contributed by atoms with Crippen LogP contribution in [0.3, 0.4) is 0 Å². The van der Waals surface area contributed by atoms with Crippen molar-refractivity contribution in [3.63, 3.8) is 0 Å². The highest BCUT2D eigenvalue weighted by atomic mass is 19.1. The normalized spacial score (nSPS) is 23.2. The van der Waals surface area contributed by atoms with Crippen LogP contribution in [0.4, 0.5) is 4.39 Å². The number of fused-ring (bicyclic) bond motifs is 2. The standard InChI is InChI=1S/C21H22FN3O2/c1-12-6-5-7-14(17(12)22)13-8-9-16-15(10-13)21(11-20(2,3)27-16)18(26)25(4)19(23)24-21/h5-10H,11H2,1-4H3,(H2,23,24). The molecule has 2 aromatic carbocycles. The van der Waals surface area contributed by atoms with Crippen LogP contribution in [-0.2, 0) is 10.3 Å². The number of hydrogen-bond donors (Lipinski definition) is 1. The van der Waals surface area contributed by atoms with Gasteiger partial charge in [-0.15, -0.1) is 0 Å². The molecule has 2 heterocycles. The largest absolute Gasteiger partial charge is 0.487 e. The monoisotopic (exact) mass is 367 g/mol. The number of aryl methyl sites for hydroxylation is 1. The van der Waals surface area contributed by atoms with Crippen molar-refractivity contribution in [2.24, 2.45) is 10.7 Å². The lowest BCUT2D eigenvalue weighted by Crippen LogP contribution is -2.49. The maximum absolute atomic E-state index is 14.7. The fraction of sp³-hybridized carbons (Fsp3) is 0.333. The van der Waals surface area contributed by atoms with Gasteiger partial charge in [0.05, 0.1) is 0 Å². The topological polar surface area (TPSA) is 67.9 Å². The second kappa shape index (κ2) is 5.55. The maximum atomic E-state index is 14.7. The predicted molar refractivity (Wildman–Crippen MR) is 102 cm³/mol. The highest BCUT2D eigenvalue weighted by molar-refractivity contribution is 6.07. The summed E-state index contributed by atoms with van der Waals surface area (Å²) in [6, 6.07) is 10.7. The SMILES string of the molecule is Cc1cccc(-c2ccc3c(c2)C2(CC(C)(C)O3)N=C(N)N(C)C2=O)c1F. The van der Waals surface area contributed by atoms with Crippen molar-refractivity contribution in [3.8, 4) is 16.9 Å². The minimum absolute atomic E-state index is 0.177. The fourth-order valence-electron chi connectivity index (χ4n) is 4.02. The zero-order chi connectivity index (χ0) is 19.6. The van der Waals surface area contributed by atoms with Gasteiger partial charge in [-0.2, -0.15) is 0 Å². The molecule has 27 heavy (non-hydrogen) atoms. The molecular weight excluding hydrogens is 345 g/mol. The van der Waals surface area contributed by atoms with Crippen LogP contribution in [-0.4, -0.2) is 29.4 Å². The average molecular weight is 367 g/mol. The summed E-state index contributed by atoms with van der Waals surface area (Å²) in [6.45, 7) is 5.57. The summed E-state index contributed by atoms with van der Waals surface area (Å²) in [6.07, 6.45) is 0.358. The van der Waals surface area contributed by atoms with E-state index in [1.165, 1.54) is 4.90 Å². The lowest BCUT2D eigenvalue weighted by molar-refractivity contribution is -0.133. The number of benzene rings is 2. The molecule has 0 aliphatic carbocycles. The van der Waals surface area contributed by atoms with Gasteiger partial charge < -0.3 is 10.5 Å². The van der Waals surface area contributed by atoms with Gasteiger partial charge in [0.1, 0.15) is 17.2 Å². The summed E-state index contributed by atoms with van der Waals surface area (Å²) in [5.74, 6) is 0.278. The van der Waals surface area contributed by atoms with E-state index in [-0.39, 0.29) is 17.7 Å². The van der Waals surface area contributed by atoms with Crippen molar-refractivity contribution in [1.29, 1.82) is 0 Å². The van der Waals surface area contributed by atoms with E-state index in [4.69, 9.17) is 10.5 Å². The van der Waals surface area contributed by atoms with Crippen molar-refractivity contribution >= 4 is 11.9 Å². The Bertz CT molecular complexity index is 999. The van der Waals surface area contributed by atoms with Gasteiger partial charge in [0.15, 0.2) is 11.5 Å². The van der Waals surface area contributed by atoms with Gasteiger partial charge in [-0.3, -0.25) is 9.69 Å². The van der Waals surface area contributed by atoms with Gasteiger partial charge in [0, 0.05) is 24.6 Å². The van der Waals surface area contributed by atoms with E-state index in [1.54, 1.807) is 38.2 Å². The van der Waals surface area contributed by atoms with Crippen molar-refractivity contribution in [3.05, 3.63) is 53.3 Å². The minimum Gasteiger partial charge on any atom is -0.487 e. The Hall–Kier alpha value is -2.89. The number of rotatable bonds is 1. The number of hydrogen-bond acceptors (Lipinski definition) is 4. The van der Waals surface area contributed by atoms with Crippen LogP contribution in [0.5, 0.6) is 5.75 Å². The summed E-state index contributed by atoms with van der Waals surface area (Å²) in [7, 11) is 1.61. The first-order valence-corrected chi connectivity index (χ1v) is 8.87. The Balaban J connectivity index is 1.95. The van der Waals surface area contributed by atoms with E-state index in [9.17, 15) is 9.18 Å². The maximum Gasteiger partial charge on any atom is 0.261 e. The molecule has 0 radical (unpaired) electrons. The first-order chi connectivity index (χ1) is 12.6. The molecule has 5 nitrogen and oxygen atoms in total. The van der Waals surface area contributed by atoms with E-state index in [2.05, 4.69) is 4.99 Å². The summed E-state index contributed by atoms with van der Waals surface area (Å²) in [5, 5.41) is 0. The number of aliphatic imine (C=N–C) groups is 1. The van der Waals surface area contributed by atoms with Crippen LogP contribution in [0, 0.1) is 12.7 Å². The molecule has 1 spiro atoms. The third-order valence-corrected chi connectivity index (χ3v) is 5.30. The zero-order valence-electron chi connectivity index (χ0n) is 15.8. The number of guanidine groups is 1. The van der Waals surface area contributed by atoms with E-state index in [1.807, 2.05) is 26.0 Å². The quantitative estimate of drug-likeness (QED) is 0.840. The molecule has 6 heteroatoms. The molecule has 1 atom stereocenters. The van der Waals surface area contributed by atoms with Crippen LogP contribution >= 0.6 is 0 Å². The number of amides is 1. The molecule has 140 valence electrons. The van der Waals surface area contributed by atoms with E-state index in [0.29, 0.717) is 34.4 Å². The molecule has 2 aliphatic heterocycles. The summed E-state index contributed by atoms with van der Waals surface area (Å²) in [4.78, 5) is 19.0. The summed E-state index contributed by atoms with van der Waals surface area (Å²) < 4.78 is 20.8. The van der Waals surface area contributed by atoms with Crippen molar-refractivity contribution in [2.75, 3.05) is 7.05 Å². The van der Waals surface area contributed by atoms with Gasteiger partial charge in [0.2, 0.25) is 0 Å². The van der Waals surface area contributed by atoms with Crippen LogP contribution in [0.25, 0.3) is 11.1 Å². The highest BCUT2D eigenvalue weighted by Gasteiger charge is 2.55. The van der Waals surface area contributed by atoms with Crippen LogP contribution in [0.15, 0.2) is 41.4 Å². The Labute approximate surface area is 157 Å². The molecule has 0 aromatic heterocycles. The lowest BCUT2D eigenvalue weighted by atomic mass is 9.77. The molecule has 2 aliphatic rings.